The van der Waals surface area contributed by atoms with Gasteiger partial charge in [0.2, 0.25) is 11.0 Å². The van der Waals surface area contributed by atoms with E-state index in [0.29, 0.717) is 35.5 Å². The number of hydrogen-bond donors (Lipinski definition) is 2. The van der Waals surface area contributed by atoms with E-state index in [1.54, 1.807) is 37.4 Å². The molecule has 11 heteroatoms. The molecule has 0 spiro atoms. The number of anilines is 2. The Bertz CT molecular complexity index is 1420. The van der Waals surface area contributed by atoms with E-state index < -0.39 is 5.97 Å². The lowest BCUT2D eigenvalue weighted by molar-refractivity contribution is -0.129. The Hall–Kier alpha value is -3.96. The summed E-state index contributed by atoms with van der Waals surface area (Å²) in [6.07, 6.45) is 3.33. The first kappa shape index (κ1) is 25.7. The molecule has 0 unspecified atom stereocenters. The van der Waals surface area contributed by atoms with Crippen molar-refractivity contribution in [2.45, 2.75) is 35.5 Å². The molecule has 5 rings (SSSR count). The highest BCUT2D eigenvalue weighted by Gasteiger charge is 2.25. The Morgan fingerprint density at radius 3 is 2.50 bits per heavy atom. The lowest BCUT2D eigenvalue weighted by Gasteiger charge is -2.29. The fraction of sp³-hybridized carbons (Fsp3) is 0.222. The Morgan fingerprint density at radius 2 is 1.82 bits per heavy atom. The fourth-order valence-electron chi connectivity index (χ4n) is 4.08. The number of ether oxygens (including phenoxy) is 1. The number of aromatic nitrogens is 3. The smallest absolute Gasteiger partial charge is 0.335 e. The maximum atomic E-state index is 11.6. The van der Waals surface area contributed by atoms with Crippen LogP contribution in [0, 0.1) is 0 Å². The third-order valence-electron chi connectivity index (χ3n) is 6.11. The van der Waals surface area contributed by atoms with Gasteiger partial charge >= 0.3 is 5.97 Å². The molecule has 0 aliphatic carbocycles. The number of pyridine rings is 1. The van der Waals surface area contributed by atoms with Crippen LogP contribution in [-0.4, -0.2) is 49.3 Å². The quantitative estimate of drug-likeness (QED) is 0.272. The Morgan fingerprint density at radius 1 is 1.08 bits per heavy atom. The lowest BCUT2D eigenvalue weighted by atomic mass is 9.96. The molecule has 1 saturated heterocycles. The largest absolute Gasteiger partial charge is 0.478 e. The highest BCUT2D eigenvalue weighted by atomic mass is 32.2. The molecule has 3 heterocycles. The molecule has 4 aromatic rings. The summed E-state index contributed by atoms with van der Waals surface area (Å²) in [7, 11) is 0. The zero-order valence-corrected chi connectivity index (χ0v) is 22.2. The summed E-state index contributed by atoms with van der Waals surface area (Å²) in [5, 5.41) is 13.1. The second-order valence-electron chi connectivity index (χ2n) is 8.73. The van der Waals surface area contributed by atoms with Gasteiger partial charge in [-0.05, 0) is 49.2 Å². The number of rotatable bonds is 8. The van der Waals surface area contributed by atoms with Gasteiger partial charge in [0, 0.05) is 48.4 Å². The lowest BCUT2D eigenvalue weighted by Crippen LogP contribution is -2.36. The summed E-state index contributed by atoms with van der Waals surface area (Å²) in [6, 6.07) is 18.0. The number of carboxylic acids is 1. The van der Waals surface area contributed by atoms with Gasteiger partial charge in [-0.1, -0.05) is 30.0 Å². The monoisotopic (exact) mass is 547 g/mol. The van der Waals surface area contributed by atoms with Crippen LogP contribution >= 0.6 is 23.3 Å². The van der Waals surface area contributed by atoms with Gasteiger partial charge in [0.05, 0.1) is 16.7 Å². The highest BCUT2D eigenvalue weighted by Crippen LogP contribution is 2.38. The summed E-state index contributed by atoms with van der Waals surface area (Å²) in [5.74, 6) is 1.99. The molecule has 0 saturated carbocycles. The van der Waals surface area contributed by atoms with Crippen LogP contribution in [0.1, 0.15) is 41.9 Å². The molecule has 0 atom stereocenters. The van der Waals surface area contributed by atoms with Gasteiger partial charge < -0.3 is 20.1 Å². The van der Waals surface area contributed by atoms with Crippen LogP contribution in [-0.2, 0) is 4.79 Å². The van der Waals surface area contributed by atoms with Crippen LogP contribution in [0.15, 0.2) is 76.7 Å². The highest BCUT2D eigenvalue weighted by molar-refractivity contribution is 7.99. The number of para-hydroxylation sites is 1. The number of carbonyl (C=O) groups excluding carboxylic acids is 1. The number of piperidine rings is 1. The normalized spacial score (nSPS) is 13.8. The number of carbonyl (C=O) groups is 2. The third-order valence-corrected chi connectivity index (χ3v) is 7.79. The van der Waals surface area contributed by atoms with E-state index in [2.05, 4.69) is 14.7 Å². The number of benzene rings is 2. The molecule has 0 radical (unpaired) electrons. The number of hydrogen-bond acceptors (Lipinski definition) is 9. The molecule has 2 N–H and O–H groups in total. The summed E-state index contributed by atoms with van der Waals surface area (Å²) in [4.78, 5) is 35.7. The first-order valence-corrected chi connectivity index (χ1v) is 13.6. The number of nitrogens with one attached hydrogen (secondary N) is 1. The zero-order chi connectivity index (χ0) is 26.5. The predicted molar refractivity (Wildman–Crippen MR) is 146 cm³/mol. The minimum absolute atomic E-state index is 0.102. The molecule has 194 valence electrons. The molecule has 2 aromatic heterocycles. The summed E-state index contributed by atoms with van der Waals surface area (Å²) in [6.45, 7) is 3.03. The van der Waals surface area contributed by atoms with Crippen molar-refractivity contribution in [2.75, 3.05) is 18.4 Å². The van der Waals surface area contributed by atoms with Crippen molar-refractivity contribution in [3.8, 4) is 11.5 Å². The second-order valence-corrected chi connectivity index (χ2v) is 10.6. The van der Waals surface area contributed by atoms with E-state index in [1.165, 1.54) is 23.3 Å². The number of nitrogens with zero attached hydrogens (tertiary/aromatic N) is 4. The van der Waals surface area contributed by atoms with Gasteiger partial charge in [0.25, 0.3) is 0 Å². The molecule has 1 aliphatic heterocycles. The van der Waals surface area contributed by atoms with Gasteiger partial charge in [0.1, 0.15) is 23.1 Å². The van der Waals surface area contributed by atoms with Gasteiger partial charge in [0.15, 0.2) is 0 Å². The van der Waals surface area contributed by atoms with Crippen LogP contribution < -0.4 is 10.1 Å². The van der Waals surface area contributed by atoms with E-state index in [-0.39, 0.29) is 17.4 Å². The van der Waals surface area contributed by atoms with Gasteiger partial charge in [-0.3, -0.25) is 4.79 Å². The van der Waals surface area contributed by atoms with E-state index in [0.717, 1.165) is 28.5 Å². The van der Waals surface area contributed by atoms with Crippen LogP contribution in [0.3, 0.4) is 0 Å². The van der Waals surface area contributed by atoms with E-state index in [9.17, 15) is 14.7 Å². The third kappa shape index (κ3) is 6.29. The number of aromatic carboxylic acids is 1. The minimum atomic E-state index is -0.970. The second kappa shape index (κ2) is 11.6. The standard InChI is InChI=1S/C27H25N5O4S2/c1-17(33)32-13-11-18(12-14-32)24-29-27(38-31-24)30-25-23(37-22-9-7-19(8-10-22)26(34)35)15-21(16-28-25)36-20-5-3-2-4-6-20/h2-10,15-16,18H,11-14H2,1H3,(H,34,35)(H,28,29,30,31). The SMILES string of the molecule is CC(=O)N1CCC(c2nsc(Nc3ncc(Oc4ccccc4)cc3Sc3ccc(C(=O)O)cc3)n2)CC1. The average molecular weight is 548 g/mol. The fourth-order valence-corrected chi connectivity index (χ4v) is 5.62. The average Bonchev–Trinajstić information content (AvgIpc) is 3.40. The van der Waals surface area contributed by atoms with Gasteiger partial charge in [-0.2, -0.15) is 4.37 Å². The summed E-state index contributed by atoms with van der Waals surface area (Å²) < 4.78 is 10.6. The molecule has 9 nitrogen and oxygen atoms in total. The Balaban J connectivity index is 1.36. The van der Waals surface area contributed by atoms with Crippen molar-refractivity contribution in [1.82, 2.24) is 19.2 Å². The first-order chi connectivity index (χ1) is 18.4. The molecule has 2 aromatic carbocycles. The first-order valence-electron chi connectivity index (χ1n) is 12.0. The summed E-state index contributed by atoms with van der Waals surface area (Å²) in [5.41, 5.74) is 0.225. The number of amides is 1. The van der Waals surface area contributed by atoms with Crippen LogP contribution in [0.5, 0.6) is 11.5 Å². The molecule has 38 heavy (non-hydrogen) atoms. The van der Waals surface area contributed by atoms with Crippen LogP contribution in [0.4, 0.5) is 10.9 Å². The molecule has 1 amide bonds. The Kier molecular flexibility index (Phi) is 7.85. The summed E-state index contributed by atoms with van der Waals surface area (Å²) >= 11 is 2.71. The van der Waals surface area contributed by atoms with Gasteiger partial charge in [-0.15, -0.1) is 0 Å². The van der Waals surface area contributed by atoms with Gasteiger partial charge in [-0.25, -0.2) is 14.8 Å². The van der Waals surface area contributed by atoms with Crippen LogP contribution in [0.2, 0.25) is 0 Å². The minimum Gasteiger partial charge on any atom is -0.478 e. The maximum Gasteiger partial charge on any atom is 0.335 e. The van der Waals surface area contributed by atoms with Crippen molar-refractivity contribution in [3.05, 3.63) is 78.2 Å². The topological polar surface area (TPSA) is 118 Å². The van der Waals surface area contributed by atoms with Crippen molar-refractivity contribution in [3.63, 3.8) is 0 Å². The van der Waals surface area contributed by atoms with E-state index in [1.807, 2.05) is 41.3 Å². The van der Waals surface area contributed by atoms with Crippen LogP contribution in [0.25, 0.3) is 0 Å². The predicted octanol–water partition coefficient (Wildman–Crippen LogP) is 6.04. The molecule has 1 fully saturated rings. The van der Waals surface area contributed by atoms with E-state index >= 15 is 0 Å². The van der Waals surface area contributed by atoms with Crippen molar-refractivity contribution in [1.29, 1.82) is 0 Å². The van der Waals surface area contributed by atoms with Crippen molar-refractivity contribution < 1.29 is 19.4 Å². The Labute approximate surface area is 228 Å². The zero-order valence-electron chi connectivity index (χ0n) is 20.5. The molecule has 1 aliphatic rings. The number of likely N-dealkylation sites (tertiary alicyclic amines) is 1. The maximum absolute atomic E-state index is 11.6. The van der Waals surface area contributed by atoms with E-state index in [4.69, 9.17) is 9.72 Å². The molecular weight excluding hydrogens is 522 g/mol. The van der Waals surface area contributed by atoms with Crippen molar-refractivity contribution in [2.24, 2.45) is 0 Å². The molecule has 0 bridgehead atoms. The van der Waals surface area contributed by atoms with Crippen molar-refractivity contribution >= 4 is 46.1 Å². The molecular formula is C27H25N5O4S2. The number of carboxylic acid groups (broad SMARTS) is 1.